The number of hydrogen-bond acceptors (Lipinski definition) is 2. The maximum absolute atomic E-state index is 8.77. The van der Waals surface area contributed by atoms with Gasteiger partial charge in [-0.05, 0) is 27.7 Å². The van der Waals surface area contributed by atoms with E-state index in [9.17, 15) is 0 Å². The van der Waals surface area contributed by atoms with Gasteiger partial charge in [-0.2, -0.15) is 0 Å². The van der Waals surface area contributed by atoms with Gasteiger partial charge in [0.25, 0.3) is 7.82 Å². The van der Waals surface area contributed by atoms with Crippen LogP contribution in [-0.4, -0.2) is 40.4 Å². The molecule has 6 heteroatoms. The second-order valence-electron chi connectivity index (χ2n) is 3.10. The van der Waals surface area contributed by atoms with Crippen molar-refractivity contribution in [1.29, 1.82) is 0 Å². The van der Waals surface area contributed by atoms with Crippen LogP contribution in [0.15, 0.2) is 0 Å². The molecule has 0 aromatic carbocycles. The Kier molecular flexibility index (Phi) is 8.69. The fourth-order valence-electron chi connectivity index (χ4n) is 1.34. The predicted molar refractivity (Wildman–Crippen MR) is 54.5 cm³/mol. The van der Waals surface area contributed by atoms with Gasteiger partial charge in [0.2, 0.25) is 0 Å². The molecule has 0 rings (SSSR count). The lowest BCUT2D eigenvalue weighted by Gasteiger charge is -2.34. The van der Waals surface area contributed by atoms with Crippen LogP contribution in [0.2, 0.25) is 0 Å². The Morgan fingerprint density at radius 1 is 1.00 bits per heavy atom. The first kappa shape index (κ1) is 16.5. The molecule has 0 saturated carbocycles. The third-order valence-electron chi connectivity index (χ3n) is 2.68. The molecule has 0 saturated heterocycles. The fraction of sp³-hybridized carbons (Fsp3) is 1.00. The Hall–Kier alpha value is 0.0700. The summed E-state index contributed by atoms with van der Waals surface area (Å²) in [6.45, 7) is 14.2. The molecular weight excluding hydrogens is 205 g/mol. The lowest BCUT2D eigenvalue weighted by molar-refractivity contribution is -0.921. The Bertz CT molecular complexity index is 150. The summed E-state index contributed by atoms with van der Waals surface area (Å²) in [6.07, 6.45) is 0. The molecule has 14 heavy (non-hydrogen) atoms. The van der Waals surface area contributed by atoms with Crippen LogP contribution < -0.4 is 4.89 Å². The molecular formula is C8H22NO4P. The highest BCUT2D eigenvalue weighted by molar-refractivity contribution is 7.43. The lowest BCUT2D eigenvalue weighted by Crippen LogP contribution is -2.47. The summed E-state index contributed by atoms with van der Waals surface area (Å²) in [5.74, 6) is 0. The molecule has 0 heterocycles. The molecule has 0 aliphatic carbocycles. The van der Waals surface area contributed by atoms with Gasteiger partial charge in [0.1, 0.15) is 0 Å². The smallest absolute Gasteiger partial charge is 0.262 e. The van der Waals surface area contributed by atoms with Gasteiger partial charge >= 0.3 is 0 Å². The summed E-state index contributed by atoms with van der Waals surface area (Å²) in [6, 6.07) is 0. The maximum Gasteiger partial charge on any atom is 0.262 e. The van der Waals surface area contributed by atoms with E-state index in [4.69, 9.17) is 19.2 Å². The normalized spacial score (nSPS) is 11.9. The van der Waals surface area contributed by atoms with E-state index in [0.717, 1.165) is 0 Å². The van der Waals surface area contributed by atoms with Crippen molar-refractivity contribution in [3.05, 3.63) is 0 Å². The molecule has 2 N–H and O–H groups in total. The number of phosphoric acid groups is 1. The summed E-state index contributed by atoms with van der Waals surface area (Å²) in [5.41, 5.74) is 0. The van der Waals surface area contributed by atoms with E-state index in [0.29, 0.717) is 0 Å². The monoisotopic (exact) mass is 227 g/mol. The van der Waals surface area contributed by atoms with Crippen molar-refractivity contribution in [1.82, 2.24) is 0 Å². The Morgan fingerprint density at radius 2 is 1.14 bits per heavy atom. The van der Waals surface area contributed by atoms with E-state index in [-0.39, 0.29) is 0 Å². The standard InChI is InChI=1S/C8H20N.H3O4P/c1-5-9(6-2,7-3)8-4;1-5(2,3)4/h5-8H2,1-4H3;(H3,1,2,3,4)/q+1;/p-1. The minimum Gasteiger partial charge on any atom is -0.756 e. The van der Waals surface area contributed by atoms with Crippen LogP contribution >= 0.6 is 7.82 Å². The summed E-state index contributed by atoms with van der Waals surface area (Å²) in [7, 11) is -4.89. The van der Waals surface area contributed by atoms with Gasteiger partial charge in [-0.15, -0.1) is 0 Å². The summed E-state index contributed by atoms with van der Waals surface area (Å²) >= 11 is 0. The maximum atomic E-state index is 8.77. The summed E-state index contributed by atoms with van der Waals surface area (Å²) in [5, 5.41) is 0. The summed E-state index contributed by atoms with van der Waals surface area (Å²) in [4.78, 5) is 22.9. The molecule has 0 unspecified atom stereocenters. The SMILES string of the molecule is CC[N+](CC)(CC)CC.O=P([O-])(O)O. The van der Waals surface area contributed by atoms with Crippen molar-refractivity contribution >= 4 is 7.82 Å². The molecule has 0 aliphatic rings. The average Bonchev–Trinajstić information content (AvgIpc) is 2.07. The molecule has 0 fully saturated rings. The second-order valence-corrected chi connectivity index (χ2v) is 4.08. The third-order valence-corrected chi connectivity index (χ3v) is 2.68. The van der Waals surface area contributed by atoms with E-state index in [1.165, 1.54) is 30.7 Å². The van der Waals surface area contributed by atoms with Crippen molar-refractivity contribution in [2.24, 2.45) is 0 Å². The van der Waals surface area contributed by atoms with Crippen LogP contribution in [0.1, 0.15) is 27.7 Å². The van der Waals surface area contributed by atoms with Crippen molar-refractivity contribution in [2.75, 3.05) is 26.2 Å². The quantitative estimate of drug-likeness (QED) is 0.535. The van der Waals surface area contributed by atoms with Crippen LogP contribution in [0.5, 0.6) is 0 Å². The van der Waals surface area contributed by atoms with Gasteiger partial charge in [-0.1, -0.05) is 0 Å². The van der Waals surface area contributed by atoms with Crippen LogP contribution in [0, 0.1) is 0 Å². The minimum atomic E-state index is -4.89. The zero-order valence-corrected chi connectivity index (χ0v) is 10.3. The fourth-order valence-corrected chi connectivity index (χ4v) is 1.34. The van der Waals surface area contributed by atoms with E-state index in [1.54, 1.807) is 0 Å². The van der Waals surface area contributed by atoms with Crippen molar-refractivity contribution in [3.63, 3.8) is 0 Å². The number of nitrogens with zero attached hydrogens (tertiary/aromatic N) is 1. The van der Waals surface area contributed by atoms with Gasteiger partial charge in [-0.25, -0.2) is 0 Å². The average molecular weight is 227 g/mol. The van der Waals surface area contributed by atoms with Crippen LogP contribution in [-0.2, 0) is 4.57 Å². The third kappa shape index (κ3) is 10.2. The van der Waals surface area contributed by atoms with Crippen LogP contribution in [0.3, 0.4) is 0 Å². The molecule has 5 nitrogen and oxygen atoms in total. The highest BCUT2D eigenvalue weighted by Gasteiger charge is 2.16. The Morgan fingerprint density at radius 3 is 1.14 bits per heavy atom. The highest BCUT2D eigenvalue weighted by Crippen LogP contribution is 2.18. The van der Waals surface area contributed by atoms with Gasteiger partial charge in [0.15, 0.2) is 0 Å². The molecule has 0 aromatic rings. The number of quaternary nitrogens is 1. The van der Waals surface area contributed by atoms with E-state index >= 15 is 0 Å². The van der Waals surface area contributed by atoms with Crippen molar-refractivity contribution in [2.45, 2.75) is 27.7 Å². The van der Waals surface area contributed by atoms with Crippen molar-refractivity contribution < 1.29 is 23.7 Å². The highest BCUT2D eigenvalue weighted by atomic mass is 31.2. The van der Waals surface area contributed by atoms with Gasteiger partial charge in [-0.3, -0.25) is 4.57 Å². The Labute approximate surface area is 86.2 Å². The Balaban J connectivity index is 0. The molecule has 0 radical (unpaired) electrons. The van der Waals surface area contributed by atoms with Crippen LogP contribution in [0.4, 0.5) is 0 Å². The number of hydrogen-bond donors (Lipinski definition) is 2. The zero-order chi connectivity index (χ0) is 11.8. The van der Waals surface area contributed by atoms with E-state index < -0.39 is 7.82 Å². The topological polar surface area (TPSA) is 80.6 Å². The molecule has 0 aliphatic heterocycles. The first-order chi connectivity index (χ1) is 6.24. The zero-order valence-electron chi connectivity index (χ0n) is 9.43. The van der Waals surface area contributed by atoms with Crippen LogP contribution in [0.25, 0.3) is 0 Å². The lowest BCUT2D eigenvalue weighted by atomic mass is 10.3. The summed E-state index contributed by atoms with van der Waals surface area (Å²) < 4.78 is 10.0. The molecule has 0 atom stereocenters. The first-order valence-corrected chi connectivity index (χ1v) is 6.39. The molecule has 0 aromatic heterocycles. The molecule has 88 valence electrons. The van der Waals surface area contributed by atoms with Gasteiger partial charge in [0.05, 0.1) is 26.2 Å². The van der Waals surface area contributed by atoms with Crippen molar-refractivity contribution in [3.8, 4) is 0 Å². The van der Waals surface area contributed by atoms with E-state index in [1.807, 2.05) is 0 Å². The first-order valence-electron chi connectivity index (χ1n) is 4.86. The van der Waals surface area contributed by atoms with Gasteiger partial charge < -0.3 is 19.2 Å². The minimum absolute atomic E-state index is 1.28. The predicted octanol–water partition coefficient (Wildman–Crippen LogP) is 0.322. The van der Waals surface area contributed by atoms with E-state index in [2.05, 4.69) is 27.7 Å². The number of rotatable bonds is 4. The largest absolute Gasteiger partial charge is 0.756 e. The van der Waals surface area contributed by atoms with Gasteiger partial charge in [0, 0.05) is 0 Å². The molecule has 0 amide bonds. The molecule has 0 spiro atoms. The second kappa shape index (κ2) is 7.37. The molecule has 0 bridgehead atoms.